The highest BCUT2D eigenvalue weighted by molar-refractivity contribution is 7.12. The lowest BCUT2D eigenvalue weighted by Gasteiger charge is -2.10. The van der Waals surface area contributed by atoms with Gasteiger partial charge < -0.3 is 10.1 Å². The smallest absolute Gasteiger partial charge is 0.265 e. The molecule has 2 heterocycles. The number of benzene rings is 1. The van der Waals surface area contributed by atoms with Gasteiger partial charge in [-0.3, -0.25) is 4.79 Å². The molecule has 1 amide bonds. The third-order valence-electron chi connectivity index (χ3n) is 2.78. The van der Waals surface area contributed by atoms with Crippen LogP contribution in [0.4, 0.5) is 5.69 Å². The van der Waals surface area contributed by atoms with E-state index in [1.807, 2.05) is 11.4 Å². The zero-order chi connectivity index (χ0) is 14.7. The van der Waals surface area contributed by atoms with Gasteiger partial charge in [0.05, 0.1) is 12.0 Å². The van der Waals surface area contributed by atoms with E-state index in [2.05, 4.69) is 20.8 Å². The number of nitrogens with one attached hydrogen (secondary N) is 1. The van der Waals surface area contributed by atoms with Crippen molar-refractivity contribution in [2.75, 3.05) is 12.4 Å². The lowest BCUT2D eigenvalue weighted by Crippen LogP contribution is -2.10. The minimum absolute atomic E-state index is 0.151. The van der Waals surface area contributed by atoms with Gasteiger partial charge in [-0.15, -0.1) is 16.4 Å². The third-order valence-corrected chi connectivity index (χ3v) is 3.65. The second-order valence-electron chi connectivity index (χ2n) is 4.07. The van der Waals surface area contributed by atoms with Crippen LogP contribution in [0.1, 0.15) is 9.67 Å². The van der Waals surface area contributed by atoms with E-state index in [4.69, 9.17) is 4.74 Å². The number of hydrogen-bond acceptors (Lipinski definition) is 6. The molecular formula is C13H11N5O2S. The fourth-order valence-corrected chi connectivity index (χ4v) is 2.44. The average molecular weight is 301 g/mol. The number of amides is 1. The molecule has 0 spiro atoms. The number of anilines is 1. The normalized spacial score (nSPS) is 10.3. The van der Waals surface area contributed by atoms with Crippen molar-refractivity contribution >= 4 is 22.9 Å². The molecule has 0 saturated heterocycles. The van der Waals surface area contributed by atoms with Gasteiger partial charge in [0.25, 0.3) is 5.91 Å². The summed E-state index contributed by atoms with van der Waals surface area (Å²) < 4.78 is 6.81. The fourth-order valence-electron chi connectivity index (χ4n) is 1.82. The highest BCUT2D eigenvalue weighted by atomic mass is 32.1. The van der Waals surface area contributed by atoms with Gasteiger partial charge in [0, 0.05) is 11.8 Å². The molecule has 0 saturated carbocycles. The van der Waals surface area contributed by atoms with E-state index in [1.54, 1.807) is 31.4 Å². The number of carbonyl (C=O) groups excluding carboxylic acids is 1. The number of hydrogen-bond donors (Lipinski definition) is 1. The van der Waals surface area contributed by atoms with Gasteiger partial charge in [-0.2, -0.15) is 4.68 Å². The van der Waals surface area contributed by atoms with Crippen LogP contribution in [0.15, 0.2) is 42.0 Å². The van der Waals surface area contributed by atoms with E-state index in [0.717, 1.165) is 0 Å². The van der Waals surface area contributed by atoms with Crippen LogP contribution in [0.5, 0.6) is 5.75 Å². The van der Waals surface area contributed by atoms with Crippen molar-refractivity contribution in [3.8, 4) is 11.4 Å². The van der Waals surface area contributed by atoms with Crippen LogP contribution in [-0.2, 0) is 0 Å². The number of tetrazole rings is 1. The number of thiophene rings is 1. The topological polar surface area (TPSA) is 81.9 Å². The Morgan fingerprint density at radius 2 is 2.29 bits per heavy atom. The van der Waals surface area contributed by atoms with E-state index in [0.29, 0.717) is 22.0 Å². The number of rotatable bonds is 4. The summed E-state index contributed by atoms with van der Waals surface area (Å²) in [7, 11) is 1.55. The van der Waals surface area contributed by atoms with E-state index in [-0.39, 0.29) is 5.91 Å². The molecule has 21 heavy (non-hydrogen) atoms. The number of carbonyl (C=O) groups is 1. The molecule has 8 heteroatoms. The molecule has 0 aliphatic carbocycles. The first-order valence-electron chi connectivity index (χ1n) is 6.04. The SMILES string of the molecule is COc1cc(NC(=O)c2cccs2)ccc1-n1cnnn1. The summed E-state index contributed by atoms with van der Waals surface area (Å²) in [6.45, 7) is 0. The standard InChI is InChI=1S/C13H11N5O2S/c1-20-11-7-9(15-13(19)12-3-2-6-21-12)4-5-10(11)18-8-14-16-17-18/h2-8H,1H3,(H,15,19). The maximum absolute atomic E-state index is 12.0. The van der Waals surface area contributed by atoms with Crippen molar-refractivity contribution in [1.29, 1.82) is 0 Å². The summed E-state index contributed by atoms with van der Waals surface area (Å²) in [6.07, 6.45) is 1.47. The van der Waals surface area contributed by atoms with Crippen LogP contribution in [0.2, 0.25) is 0 Å². The number of nitrogens with zero attached hydrogens (tertiary/aromatic N) is 4. The Hall–Kier alpha value is -2.74. The maximum atomic E-state index is 12.0. The molecule has 0 radical (unpaired) electrons. The fraction of sp³-hybridized carbons (Fsp3) is 0.0769. The van der Waals surface area contributed by atoms with Crippen molar-refractivity contribution in [2.45, 2.75) is 0 Å². The summed E-state index contributed by atoms with van der Waals surface area (Å²) in [4.78, 5) is 12.7. The average Bonchev–Trinajstić information content (AvgIpc) is 3.20. The minimum Gasteiger partial charge on any atom is -0.494 e. The van der Waals surface area contributed by atoms with Gasteiger partial charge in [-0.25, -0.2) is 0 Å². The van der Waals surface area contributed by atoms with Crippen LogP contribution in [-0.4, -0.2) is 33.2 Å². The van der Waals surface area contributed by atoms with Gasteiger partial charge >= 0.3 is 0 Å². The van der Waals surface area contributed by atoms with E-state index < -0.39 is 0 Å². The number of ether oxygens (including phenoxy) is 1. The monoisotopic (exact) mass is 301 g/mol. The van der Waals surface area contributed by atoms with E-state index in [9.17, 15) is 4.79 Å². The van der Waals surface area contributed by atoms with Crippen molar-refractivity contribution in [2.24, 2.45) is 0 Å². The Kier molecular flexibility index (Phi) is 3.61. The summed E-state index contributed by atoms with van der Waals surface area (Å²) in [5.41, 5.74) is 1.33. The molecule has 2 aromatic heterocycles. The first-order chi connectivity index (χ1) is 10.3. The third kappa shape index (κ3) is 2.75. The summed E-state index contributed by atoms with van der Waals surface area (Å²) in [5.74, 6) is 0.411. The lowest BCUT2D eigenvalue weighted by atomic mass is 10.2. The second kappa shape index (κ2) is 5.71. The largest absolute Gasteiger partial charge is 0.494 e. The van der Waals surface area contributed by atoms with Crippen molar-refractivity contribution in [3.63, 3.8) is 0 Å². The molecule has 7 nitrogen and oxygen atoms in total. The quantitative estimate of drug-likeness (QED) is 0.797. The molecule has 0 fully saturated rings. The van der Waals surface area contributed by atoms with Gasteiger partial charge in [0.2, 0.25) is 0 Å². The highest BCUT2D eigenvalue weighted by Crippen LogP contribution is 2.26. The van der Waals surface area contributed by atoms with E-state index >= 15 is 0 Å². The van der Waals surface area contributed by atoms with Crippen LogP contribution in [0.3, 0.4) is 0 Å². The summed E-state index contributed by atoms with van der Waals surface area (Å²) in [5, 5.41) is 15.7. The summed E-state index contributed by atoms with van der Waals surface area (Å²) in [6, 6.07) is 8.88. The molecule has 0 unspecified atom stereocenters. The molecular weight excluding hydrogens is 290 g/mol. The molecule has 0 aliphatic heterocycles. The zero-order valence-electron chi connectivity index (χ0n) is 11.1. The molecule has 0 bridgehead atoms. The lowest BCUT2D eigenvalue weighted by molar-refractivity contribution is 0.103. The predicted octanol–water partition coefficient (Wildman–Crippen LogP) is 1.98. The molecule has 1 aromatic carbocycles. The Morgan fingerprint density at radius 3 is 2.95 bits per heavy atom. The molecule has 0 aliphatic rings. The van der Waals surface area contributed by atoms with Gasteiger partial charge in [-0.05, 0) is 34.0 Å². The van der Waals surface area contributed by atoms with Gasteiger partial charge in [-0.1, -0.05) is 6.07 Å². The summed E-state index contributed by atoms with van der Waals surface area (Å²) >= 11 is 1.39. The first-order valence-corrected chi connectivity index (χ1v) is 6.92. The van der Waals surface area contributed by atoms with Crippen molar-refractivity contribution < 1.29 is 9.53 Å². The minimum atomic E-state index is -0.151. The predicted molar refractivity (Wildman–Crippen MR) is 78.0 cm³/mol. The van der Waals surface area contributed by atoms with Crippen LogP contribution in [0.25, 0.3) is 5.69 Å². The Bertz CT molecular complexity index is 740. The van der Waals surface area contributed by atoms with Gasteiger partial charge in [0.1, 0.15) is 17.8 Å². The van der Waals surface area contributed by atoms with E-state index in [1.165, 1.54) is 22.3 Å². The Balaban J connectivity index is 1.86. The van der Waals surface area contributed by atoms with Crippen molar-refractivity contribution in [1.82, 2.24) is 20.2 Å². The van der Waals surface area contributed by atoms with Crippen LogP contribution in [0, 0.1) is 0 Å². The Morgan fingerprint density at radius 1 is 1.38 bits per heavy atom. The molecule has 106 valence electrons. The van der Waals surface area contributed by atoms with Gasteiger partial charge in [0.15, 0.2) is 0 Å². The first kappa shape index (κ1) is 13.3. The number of aromatic nitrogens is 4. The zero-order valence-corrected chi connectivity index (χ0v) is 11.9. The molecule has 3 aromatic rings. The molecule has 3 rings (SSSR count). The number of methoxy groups -OCH3 is 1. The van der Waals surface area contributed by atoms with Crippen molar-refractivity contribution in [3.05, 3.63) is 46.9 Å². The van der Waals surface area contributed by atoms with Crippen LogP contribution < -0.4 is 10.1 Å². The molecule has 0 atom stereocenters. The van der Waals surface area contributed by atoms with Crippen LogP contribution >= 0.6 is 11.3 Å². The Labute approximate surface area is 124 Å². The highest BCUT2D eigenvalue weighted by Gasteiger charge is 2.11. The molecule has 1 N–H and O–H groups in total. The second-order valence-corrected chi connectivity index (χ2v) is 5.02. The maximum Gasteiger partial charge on any atom is 0.265 e.